The minimum atomic E-state index is -0.547. The van der Waals surface area contributed by atoms with Crippen LogP contribution >= 0.6 is 11.6 Å². The van der Waals surface area contributed by atoms with Crippen LogP contribution in [-0.2, 0) is 4.79 Å². The predicted octanol–water partition coefficient (Wildman–Crippen LogP) is 4.33. The molecule has 0 spiro atoms. The number of nitrogens with one attached hydrogen (secondary N) is 1. The summed E-state index contributed by atoms with van der Waals surface area (Å²) in [5.74, 6) is 0.000153. The smallest absolute Gasteiger partial charge is 0.262 e. The number of carbonyl (C=O) groups is 1. The van der Waals surface area contributed by atoms with E-state index in [2.05, 4.69) is 15.4 Å². The second kappa shape index (κ2) is 10.1. The van der Waals surface area contributed by atoms with Gasteiger partial charge in [-0.25, -0.2) is 4.39 Å². The molecule has 8 heteroatoms. The Bertz CT molecular complexity index is 885. The number of hydrogen-bond donors (Lipinski definition) is 1. The Balaban J connectivity index is 1.57. The molecule has 0 saturated carbocycles. The quantitative estimate of drug-likeness (QED) is 0.679. The van der Waals surface area contributed by atoms with Crippen molar-refractivity contribution in [2.75, 3.05) is 32.1 Å². The third kappa shape index (κ3) is 6.09. The molecule has 0 unspecified atom stereocenters. The first-order valence-electron chi connectivity index (χ1n) is 9.40. The van der Waals surface area contributed by atoms with E-state index >= 15 is 0 Å². The molecule has 0 aliphatic carbocycles. The van der Waals surface area contributed by atoms with Gasteiger partial charge in [0.15, 0.2) is 18.1 Å². The van der Waals surface area contributed by atoms with Crippen LogP contribution in [0.5, 0.6) is 11.5 Å². The van der Waals surface area contributed by atoms with Gasteiger partial charge in [-0.3, -0.25) is 9.80 Å². The molecule has 1 heterocycles. The molecule has 0 aromatic heterocycles. The molecule has 3 rings (SSSR count). The molecule has 1 aliphatic heterocycles. The van der Waals surface area contributed by atoms with Gasteiger partial charge in [0, 0.05) is 18.8 Å². The van der Waals surface area contributed by atoms with Crippen LogP contribution < -0.4 is 14.8 Å². The van der Waals surface area contributed by atoms with Crippen LogP contribution in [0.2, 0.25) is 5.02 Å². The van der Waals surface area contributed by atoms with Gasteiger partial charge in [-0.05, 0) is 61.2 Å². The average molecular weight is 420 g/mol. The predicted molar refractivity (Wildman–Crippen MR) is 112 cm³/mol. The fourth-order valence-electron chi connectivity index (χ4n) is 2.94. The molecule has 2 aromatic carbocycles. The fourth-order valence-corrected chi connectivity index (χ4v) is 3.12. The number of methoxy groups -OCH3 is 1. The van der Waals surface area contributed by atoms with Crippen molar-refractivity contribution in [3.63, 3.8) is 0 Å². The summed E-state index contributed by atoms with van der Waals surface area (Å²) in [6, 6.07) is 9.34. The third-order valence-electron chi connectivity index (χ3n) is 4.45. The number of halogens is 2. The van der Waals surface area contributed by atoms with E-state index in [0.717, 1.165) is 18.7 Å². The van der Waals surface area contributed by atoms with Gasteiger partial charge < -0.3 is 14.8 Å². The summed E-state index contributed by atoms with van der Waals surface area (Å²) in [4.78, 5) is 12.1. The number of nitrogens with zero attached hydrogens (tertiary/aromatic N) is 2. The zero-order chi connectivity index (χ0) is 20.6. The molecule has 1 saturated heterocycles. The van der Waals surface area contributed by atoms with E-state index < -0.39 is 11.7 Å². The van der Waals surface area contributed by atoms with Gasteiger partial charge in [0.1, 0.15) is 5.82 Å². The highest BCUT2D eigenvalue weighted by Gasteiger charge is 2.11. The zero-order valence-corrected chi connectivity index (χ0v) is 16.9. The molecule has 0 atom stereocenters. The number of carbonyl (C=O) groups excluding carboxylic acids is 1. The highest BCUT2D eigenvalue weighted by Crippen LogP contribution is 2.28. The van der Waals surface area contributed by atoms with Crippen molar-refractivity contribution >= 4 is 29.4 Å². The van der Waals surface area contributed by atoms with Gasteiger partial charge in [-0.2, -0.15) is 5.10 Å². The van der Waals surface area contributed by atoms with Crippen LogP contribution in [0.1, 0.15) is 24.8 Å². The Labute approximate surface area is 174 Å². The van der Waals surface area contributed by atoms with Gasteiger partial charge in [0.05, 0.1) is 18.3 Å². The summed E-state index contributed by atoms with van der Waals surface area (Å²) in [6.45, 7) is 1.72. The number of piperidine rings is 1. The first kappa shape index (κ1) is 20.9. The number of hydrogen-bond acceptors (Lipinski definition) is 5. The lowest BCUT2D eigenvalue weighted by Gasteiger charge is -2.23. The van der Waals surface area contributed by atoms with Crippen molar-refractivity contribution in [2.24, 2.45) is 5.10 Å². The highest BCUT2D eigenvalue weighted by molar-refractivity contribution is 6.31. The van der Waals surface area contributed by atoms with Crippen LogP contribution in [0.3, 0.4) is 0 Å². The van der Waals surface area contributed by atoms with E-state index in [1.165, 1.54) is 44.6 Å². The molecule has 1 fully saturated rings. The Morgan fingerprint density at radius 3 is 2.72 bits per heavy atom. The van der Waals surface area contributed by atoms with Gasteiger partial charge in [0.2, 0.25) is 0 Å². The maximum absolute atomic E-state index is 13.2. The molecule has 0 radical (unpaired) electrons. The molecular formula is C21H23ClFN3O3. The van der Waals surface area contributed by atoms with Crippen molar-refractivity contribution in [3.8, 4) is 11.5 Å². The van der Waals surface area contributed by atoms with Crippen LogP contribution in [0, 0.1) is 5.82 Å². The van der Waals surface area contributed by atoms with Crippen molar-refractivity contribution in [1.82, 2.24) is 5.01 Å². The minimum Gasteiger partial charge on any atom is -0.493 e. The van der Waals surface area contributed by atoms with Crippen LogP contribution in [0.4, 0.5) is 10.1 Å². The Morgan fingerprint density at radius 1 is 1.21 bits per heavy atom. The SMILES string of the molecule is COc1cc(/C=N\N2CCCCC2)ccc1OCC(=O)Nc1ccc(F)c(Cl)c1. The normalized spacial score (nSPS) is 14.1. The summed E-state index contributed by atoms with van der Waals surface area (Å²) in [5, 5.41) is 9.11. The monoisotopic (exact) mass is 419 g/mol. The van der Waals surface area contributed by atoms with Gasteiger partial charge >= 0.3 is 0 Å². The number of hydrazone groups is 1. The van der Waals surface area contributed by atoms with Crippen molar-refractivity contribution in [1.29, 1.82) is 0 Å². The van der Waals surface area contributed by atoms with E-state index in [4.69, 9.17) is 21.1 Å². The minimum absolute atomic E-state index is 0.0628. The molecule has 6 nitrogen and oxygen atoms in total. The van der Waals surface area contributed by atoms with E-state index in [-0.39, 0.29) is 11.6 Å². The second-order valence-electron chi connectivity index (χ2n) is 6.63. The molecule has 154 valence electrons. The molecule has 1 aliphatic rings. The summed E-state index contributed by atoms with van der Waals surface area (Å²) in [7, 11) is 1.54. The van der Waals surface area contributed by atoms with Crippen LogP contribution in [-0.4, -0.2) is 43.9 Å². The first-order chi connectivity index (χ1) is 14.0. The van der Waals surface area contributed by atoms with Crippen molar-refractivity contribution in [2.45, 2.75) is 19.3 Å². The van der Waals surface area contributed by atoms with E-state index in [1.807, 2.05) is 6.07 Å². The van der Waals surface area contributed by atoms with Gasteiger partial charge in [-0.15, -0.1) is 0 Å². The molecule has 1 amide bonds. The number of benzene rings is 2. The summed E-state index contributed by atoms with van der Waals surface area (Å²) in [5.41, 5.74) is 1.27. The molecule has 2 aromatic rings. The first-order valence-corrected chi connectivity index (χ1v) is 9.77. The summed E-state index contributed by atoms with van der Waals surface area (Å²) < 4.78 is 24.1. The Morgan fingerprint density at radius 2 is 2.00 bits per heavy atom. The van der Waals surface area contributed by atoms with Crippen molar-refractivity contribution < 1.29 is 18.7 Å². The lowest BCUT2D eigenvalue weighted by atomic mass is 10.2. The molecule has 1 N–H and O–H groups in total. The standard InChI is InChI=1S/C21H23ClFN3O3/c1-28-20-11-15(13-24-26-9-3-2-4-10-26)5-8-19(20)29-14-21(27)25-16-6-7-18(23)17(22)12-16/h5-8,11-13H,2-4,9-10,14H2,1H3,(H,25,27)/b24-13-. The van der Waals surface area contributed by atoms with Crippen molar-refractivity contribution in [3.05, 3.63) is 52.8 Å². The average Bonchev–Trinajstić information content (AvgIpc) is 2.74. The Kier molecular flexibility index (Phi) is 7.30. The largest absolute Gasteiger partial charge is 0.493 e. The topological polar surface area (TPSA) is 63.2 Å². The summed E-state index contributed by atoms with van der Waals surface area (Å²) >= 11 is 5.71. The van der Waals surface area contributed by atoms with Gasteiger partial charge in [-0.1, -0.05) is 11.6 Å². The van der Waals surface area contributed by atoms with Crippen LogP contribution in [0.15, 0.2) is 41.5 Å². The lowest BCUT2D eigenvalue weighted by Crippen LogP contribution is -2.24. The van der Waals surface area contributed by atoms with Gasteiger partial charge in [0.25, 0.3) is 5.91 Å². The number of ether oxygens (including phenoxy) is 2. The number of rotatable bonds is 7. The lowest BCUT2D eigenvalue weighted by molar-refractivity contribution is -0.118. The highest BCUT2D eigenvalue weighted by atomic mass is 35.5. The maximum Gasteiger partial charge on any atom is 0.262 e. The second-order valence-corrected chi connectivity index (χ2v) is 7.04. The molecule has 29 heavy (non-hydrogen) atoms. The maximum atomic E-state index is 13.2. The van der Waals surface area contributed by atoms with E-state index in [0.29, 0.717) is 17.2 Å². The van der Waals surface area contributed by atoms with Crippen LogP contribution in [0.25, 0.3) is 0 Å². The van der Waals surface area contributed by atoms with E-state index in [1.54, 1.807) is 18.3 Å². The molecular weight excluding hydrogens is 397 g/mol. The zero-order valence-electron chi connectivity index (χ0n) is 16.2. The number of anilines is 1. The Hall–Kier alpha value is -2.80. The fraction of sp³-hybridized carbons (Fsp3) is 0.333. The third-order valence-corrected chi connectivity index (χ3v) is 4.74. The van der Waals surface area contributed by atoms with E-state index in [9.17, 15) is 9.18 Å². The molecule has 0 bridgehead atoms. The summed E-state index contributed by atoms with van der Waals surface area (Å²) in [6.07, 6.45) is 5.38. The number of amides is 1.